The van der Waals surface area contributed by atoms with Crippen molar-refractivity contribution in [1.82, 2.24) is 15.1 Å². The van der Waals surface area contributed by atoms with Crippen LogP contribution in [0.5, 0.6) is 0 Å². The molecular formula is C28H35F3N4O2. The first-order chi connectivity index (χ1) is 17.9. The Morgan fingerprint density at radius 1 is 1.00 bits per heavy atom. The number of piperazine rings is 1. The van der Waals surface area contributed by atoms with Gasteiger partial charge in [-0.1, -0.05) is 30.3 Å². The monoisotopic (exact) mass is 516 g/mol. The van der Waals surface area contributed by atoms with Gasteiger partial charge < -0.3 is 15.0 Å². The van der Waals surface area contributed by atoms with Crippen molar-refractivity contribution in [2.24, 2.45) is 5.92 Å². The fourth-order valence-corrected chi connectivity index (χ4v) is 5.81. The third-order valence-electron chi connectivity index (χ3n) is 7.76. The highest BCUT2D eigenvalue weighted by molar-refractivity contribution is 5.82. The molecule has 3 aliphatic rings. The van der Waals surface area contributed by atoms with Crippen LogP contribution in [-0.2, 0) is 28.7 Å². The largest absolute Gasteiger partial charge is 0.416 e. The molecule has 2 aromatic carbocycles. The van der Waals surface area contributed by atoms with E-state index in [1.807, 2.05) is 18.2 Å². The molecule has 200 valence electrons. The molecule has 1 amide bonds. The number of nitrogens with one attached hydrogen (secondary N) is 1. The second-order valence-electron chi connectivity index (χ2n) is 10.2. The second kappa shape index (κ2) is 11.4. The number of nitrogens with zero attached hydrogens (tertiary/aromatic N) is 3. The minimum Gasteiger partial charge on any atom is -0.379 e. The fourth-order valence-electron chi connectivity index (χ4n) is 5.81. The molecule has 0 spiro atoms. The first kappa shape index (κ1) is 26.0. The molecule has 6 nitrogen and oxygen atoms in total. The Balaban J connectivity index is 1.30. The first-order valence-corrected chi connectivity index (χ1v) is 13.2. The molecule has 3 aliphatic heterocycles. The zero-order chi connectivity index (χ0) is 25.8. The van der Waals surface area contributed by atoms with Crippen LogP contribution < -0.4 is 10.2 Å². The molecule has 0 bridgehead atoms. The van der Waals surface area contributed by atoms with Gasteiger partial charge in [-0.25, -0.2) is 0 Å². The van der Waals surface area contributed by atoms with Gasteiger partial charge in [-0.2, -0.15) is 13.2 Å². The van der Waals surface area contributed by atoms with E-state index in [1.54, 1.807) is 6.07 Å². The van der Waals surface area contributed by atoms with E-state index in [2.05, 4.69) is 32.1 Å². The van der Waals surface area contributed by atoms with Crippen LogP contribution in [0, 0.1) is 5.92 Å². The zero-order valence-electron chi connectivity index (χ0n) is 21.1. The van der Waals surface area contributed by atoms with Crippen molar-refractivity contribution in [2.45, 2.75) is 31.6 Å². The van der Waals surface area contributed by atoms with Crippen LogP contribution in [0.15, 0.2) is 48.5 Å². The average Bonchev–Trinajstić information content (AvgIpc) is 2.91. The number of hydrogen-bond donors (Lipinski definition) is 1. The van der Waals surface area contributed by atoms with E-state index in [-0.39, 0.29) is 11.9 Å². The Kier molecular flexibility index (Phi) is 8.02. The Labute approximate surface area is 216 Å². The third-order valence-corrected chi connectivity index (χ3v) is 7.76. The highest BCUT2D eigenvalue weighted by Gasteiger charge is 2.42. The number of carbonyl (C=O) groups excluding carboxylic acids is 1. The van der Waals surface area contributed by atoms with Crippen LogP contribution in [0.1, 0.15) is 23.1 Å². The van der Waals surface area contributed by atoms with Gasteiger partial charge in [-0.05, 0) is 48.7 Å². The summed E-state index contributed by atoms with van der Waals surface area (Å²) in [4.78, 5) is 20.3. The van der Waals surface area contributed by atoms with Crippen LogP contribution in [0.25, 0.3) is 0 Å². The van der Waals surface area contributed by atoms with Crippen LogP contribution in [0.3, 0.4) is 0 Å². The van der Waals surface area contributed by atoms with Gasteiger partial charge >= 0.3 is 6.18 Å². The number of anilines is 1. The quantitative estimate of drug-likeness (QED) is 0.572. The predicted molar refractivity (Wildman–Crippen MR) is 136 cm³/mol. The summed E-state index contributed by atoms with van der Waals surface area (Å²) in [6, 6.07) is 14.1. The van der Waals surface area contributed by atoms with E-state index in [0.717, 1.165) is 64.1 Å². The molecule has 37 heavy (non-hydrogen) atoms. The van der Waals surface area contributed by atoms with Crippen molar-refractivity contribution >= 4 is 11.6 Å². The van der Waals surface area contributed by atoms with Crippen LogP contribution in [-0.4, -0.2) is 80.8 Å². The van der Waals surface area contributed by atoms with E-state index in [9.17, 15) is 18.0 Å². The molecule has 9 heteroatoms. The zero-order valence-corrected chi connectivity index (χ0v) is 21.1. The van der Waals surface area contributed by atoms with Crippen molar-refractivity contribution < 1.29 is 22.7 Å². The Bertz CT molecular complexity index is 1060. The van der Waals surface area contributed by atoms with Crippen LogP contribution in [0.2, 0.25) is 0 Å². The lowest BCUT2D eigenvalue weighted by molar-refractivity contribution is -0.137. The maximum atomic E-state index is 13.5. The molecule has 0 aromatic heterocycles. The Morgan fingerprint density at radius 3 is 2.54 bits per heavy atom. The van der Waals surface area contributed by atoms with Gasteiger partial charge in [0.25, 0.3) is 0 Å². The lowest BCUT2D eigenvalue weighted by Gasteiger charge is -2.49. The number of carbonyl (C=O) groups is 1. The second-order valence-corrected chi connectivity index (χ2v) is 10.2. The van der Waals surface area contributed by atoms with E-state index < -0.39 is 17.7 Å². The number of fused-ring (bicyclic) bond motifs is 3. The van der Waals surface area contributed by atoms with E-state index >= 15 is 0 Å². The summed E-state index contributed by atoms with van der Waals surface area (Å²) >= 11 is 0. The standard InChI is InChI=1S/C28H35F3N4O2/c29-28(30,31)23-7-8-25-22(17-23)18-24(27(36)32-9-4-10-33-13-15-37-16-14-33)26-20-34(11-12-35(25)26)19-21-5-2-1-3-6-21/h1-3,5-8,17,24,26H,4,9-16,18-20H2,(H,32,36)/t24-,26+/m0/s1. The molecule has 5 rings (SSSR count). The first-order valence-electron chi connectivity index (χ1n) is 13.2. The molecule has 2 atom stereocenters. The van der Waals surface area contributed by atoms with Gasteiger partial charge in [0.15, 0.2) is 0 Å². The van der Waals surface area contributed by atoms with Gasteiger partial charge in [-0.15, -0.1) is 0 Å². The van der Waals surface area contributed by atoms with Gasteiger partial charge in [0, 0.05) is 51.5 Å². The third kappa shape index (κ3) is 6.27. The lowest BCUT2D eigenvalue weighted by atomic mass is 9.82. The van der Waals surface area contributed by atoms with Gasteiger partial charge in [-0.3, -0.25) is 14.6 Å². The normalized spacial score (nSPS) is 22.8. The number of benzene rings is 2. The Morgan fingerprint density at radius 2 is 1.78 bits per heavy atom. The molecule has 3 heterocycles. The molecule has 0 saturated carbocycles. The van der Waals surface area contributed by atoms with E-state index in [4.69, 9.17) is 4.74 Å². The van der Waals surface area contributed by atoms with Gasteiger partial charge in [0.1, 0.15) is 0 Å². The molecule has 0 radical (unpaired) electrons. The van der Waals surface area contributed by atoms with Crippen molar-refractivity contribution in [1.29, 1.82) is 0 Å². The SMILES string of the molecule is O=C(NCCCN1CCOCC1)[C@H]1Cc2cc(C(F)(F)F)ccc2N2CCN(Cc3ccccc3)C[C@H]12. The number of alkyl halides is 3. The van der Waals surface area contributed by atoms with Crippen LogP contribution >= 0.6 is 0 Å². The Hall–Kier alpha value is -2.62. The number of rotatable bonds is 7. The summed E-state index contributed by atoms with van der Waals surface area (Å²) in [6.45, 7) is 7.70. The number of morpholine rings is 1. The number of amides is 1. The summed E-state index contributed by atoms with van der Waals surface area (Å²) in [5.41, 5.74) is 1.99. The van der Waals surface area contributed by atoms with Crippen molar-refractivity contribution in [3.8, 4) is 0 Å². The number of halogens is 3. The summed E-state index contributed by atoms with van der Waals surface area (Å²) in [7, 11) is 0. The van der Waals surface area contributed by atoms with E-state index in [0.29, 0.717) is 31.6 Å². The molecular weight excluding hydrogens is 481 g/mol. The molecule has 2 aromatic rings. The summed E-state index contributed by atoms with van der Waals surface area (Å²) in [5.74, 6) is -0.473. The molecule has 2 saturated heterocycles. The maximum Gasteiger partial charge on any atom is 0.416 e. The van der Waals surface area contributed by atoms with Crippen LogP contribution in [0.4, 0.5) is 18.9 Å². The maximum absolute atomic E-state index is 13.5. The summed E-state index contributed by atoms with van der Waals surface area (Å²) in [6.07, 6.45) is -3.26. The molecule has 2 fully saturated rings. The molecule has 0 aliphatic carbocycles. The predicted octanol–water partition coefficient (Wildman–Crippen LogP) is 3.41. The highest BCUT2D eigenvalue weighted by Crippen LogP contribution is 2.40. The molecule has 0 unspecified atom stereocenters. The number of hydrogen-bond acceptors (Lipinski definition) is 5. The average molecular weight is 517 g/mol. The van der Waals surface area contributed by atoms with Gasteiger partial charge in [0.2, 0.25) is 5.91 Å². The minimum atomic E-state index is -4.41. The molecule has 1 N–H and O–H groups in total. The van der Waals surface area contributed by atoms with E-state index in [1.165, 1.54) is 11.6 Å². The van der Waals surface area contributed by atoms with Crippen molar-refractivity contribution in [3.05, 3.63) is 65.2 Å². The lowest BCUT2D eigenvalue weighted by Crippen LogP contribution is -2.61. The van der Waals surface area contributed by atoms with Gasteiger partial charge in [0.05, 0.1) is 30.7 Å². The highest BCUT2D eigenvalue weighted by atomic mass is 19.4. The van der Waals surface area contributed by atoms with Crippen molar-refractivity contribution in [2.75, 3.05) is 63.9 Å². The number of ether oxygens (including phenoxy) is 1. The van der Waals surface area contributed by atoms with Crippen molar-refractivity contribution in [3.63, 3.8) is 0 Å². The minimum absolute atomic E-state index is 0.0680. The fraction of sp³-hybridized carbons (Fsp3) is 0.536. The topological polar surface area (TPSA) is 48.1 Å². The summed E-state index contributed by atoms with van der Waals surface area (Å²) in [5, 5.41) is 3.10. The smallest absolute Gasteiger partial charge is 0.379 e. The summed E-state index contributed by atoms with van der Waals surface area (Å²) < 4.78 is 45.7.